The van der Waals surface area contributed by atoms with E-state index in [1.54, 1.807) is 32.9 Å². The minimum atomic E-state index is -3.12. The number of alkyl halides is 2. The summed E-state index contributed by atoms with van der Waals surface area (Å²) in [4.78, 5) is 13.2. The molecular formula is C18H23F2NO3. The van der Waals surface area contributed by atoms with E-state index in [9.17, 15) is 13.6 Å². The third-order valence-corrected chi connectivity index (χ3v) is 4.06. The molecule has 1 aromatic carbocycles. The summed E-state index contributed by atoms with van der Waals surface area (Å²) in [6.07, 6.45) is 1.57. The van der Waals surface area contributed by atoms with Gasteiger partial charge in [0, 0.05) is 12.1 Å². The van der Waals surface area contributed by atoms with Gasteiger partial charge in [0.2, 0.25) is 0 Å². The smallest absolute Gasteiger partial charge is 0.410 e. The number of ether oxygens (including phenoxy) is 2. The van der Waals surface area contributed by atoms with Gasteiger partial charge in [0.1, 0.15) is 11.4 Å². The van der Waals surface area contributed by atoms with Crippen LogP contribution in [-0.2, 0) is 17.2 Å². The normalized spacial score (nSPS) is 19.6. The van der Waals surface area contributed by atoms with Crippen LogP contribution in [0.4, 0.5) is 13.6 Å². The average molecular weight is 339 g/mol. The maximum absolute atomic E-state index is 14.5. The number of fused-ring (bicyclic) bond motifs is 1. The average Bonchev–Trinajstić information content (AvgIpc) is 3.27. The number of hydrogen-bond acceptors (Lipinski definition) is 3. The number of halogens is 2. The number of carbonyl (C=O) groups is 1. The molecule has 0 bridgehead atoms. The molecular weight excluding hydrogens is 316 g/mol. The Kier molecular flexibility index (Phi) is 4.18. The maximum Gasteiger partial charge on any atom is 0.410 e. The van der Waals surface area contributed by atoms with E-state index in [1.807, 2.05) is 0 Å². The fourth-order valence-corrected chi connectivity index (χ4v) is 2.66. The molecule has 1 aliphatic heterocycles. The molecule has 132 valence electrons. The minimum absolute atomic E-state index is 0.0596. The summed E-state index contributed by atoms with van der Waals surface area (Å²) >= 11 is 0. The van der Waals surface area contributed by atoms with E-state index < -0.39 is 24.2 Å². The van der Waals surface area contributed by atoms with E-state index >= 15 is 0 Å². The fourth-order valence-electron chi connectivity index (χ4n) is 2.66. The lowest BCUT2D eigenvalue weighted by Crippen LogP contribution is -2.45. The maximum atomic E-state index is 14.5. The fraction of sp³-hybridized carbons (Fsp3) is 0.611. The summed E-state index contributed by atoms with van der Waals surface area (Å²) in [5.74, 6) is -2.10. The second-order valence-electron chi connectivity index (χ2n) is 7.61. The molecule has 24 heavy (non-hydrogen) atoms. The minimum Gasteiger partial charge on any atom is -0.493 e. The molecule has 0 unspecified atom stereocenters. The van der Waals surface area contributed by atoms with Crippen LogP contribution in [-0.4, -0.2) is 29.7 Å². The van der Waals surface area contributed by atoms with Crippen molar-refractivity contribution < 1.29 is 23.0 Å². The Balaban J connectivity index is 1.76. The Hall–Kier alpha value is -1.85. The van der Waals surface area contributed by atoms with Crippen molar-refractivity contribution in [3.8, 4) is 5.75 Å². The predicted octanol–water partition coefficient (Wildman–Crippen LogP) is 4.32. The van der Waals surface area contributed by atoms with Crippen LogP contribution in [0.3, 0.4) is 0 Å². The molecule has 1 saturated carbocycles. The summed E-state index contributed by atoms with van der Waals surface area (Å²) in [6.45, 7) is 5.15. The van der Waals surface area contributed by atoms with Crippen molar-refractivity contribution in [2.45, 2.75) is 51.7 Å². The van der Waals surface area contributed by atoms with Gasteiger partial charge in [0.25, 0.3) is 5.92 Å². The summed E-state index contributed by atoms with van der Waals surface area (Å²) in [6, 6.07) is 4.71. The molecule has 0 saturated heterocycles. The molecule has 4 nitrogen and oxygen atoms in total. The van der Waals surface area contributed by atoms with E-state index in [4.69, 9.17) is 9.47 Å². The number of benzene rings is 1. The van der Waals surface area contributed by atoms with Crippen LogP contribution in [0, 0.1) is 5.92 Å². The molecule has 3 rings (SSSR count). The van der Waals surface area contributed by atoms with Gasteiger partial charge in [-0.25, -0.2) is 4.79 Å². The lowest BCUT2D eigenvalue weighted by Gasteiger charge is -2.35. The van der Waals surface area contributed by atoms with Crippen LogP contribution in [0.25, 0.3) is 0 Å². The topological polar surface area (TPSA) is 38.8 Å². The van der Waals surface area contributed by atoms with Gasteiger partial charge in [-0.2, -0.15) is 8.78 Å². The SMILES string of the molecule is CC(C)(C)OC(=O)N1Cc2ccc(OCC3CC3)cc2C(F)(F)C1. The van der Waals surface area contributed by atoms with Gasteiger partial charge in [-0.05, 0) is 57.2 Å². The molecule has 0 radical (unpaired) electrons. The van der Waals surface area contributed by atoms with Gasteiger partial charge >= 0.3 is 6.09 Å². The number of hydrogen-bond donors (Lipinski definition) is 0. The van der Waals surface area contributed by atoms with Crippen molar-refractivity contribution >= 4 is 6.09 Å². The molecule has 0 atom stereocenters. The van der Waals surface area contributed by atoms with Crippen molar-refractivity contribution in [3.05, 3.63) is 29.3 Å². The zero-order chi connectivity index (χ0) is 17.5. The van der Waals surface area contributed by atoms with Crippen LogP contribution in [0.5, 0.6) is 5.75 Å². The summed E-state index contributed by atoms with van der Waals surface area (Å²) in [5.41, 5.74) is -0.348. The first-order chi connectivity index (χ1) is 11.1. The van der Waals surface area contributed by atoms with Crippen molar-refractivity contribution in [2.75, 3.05) is 13.2 Å². The van der Waals surface area contributed by atoms with E-state index in [1.165, 1.54) is 6.07 Å². The van der Waals surface area contributed by atoms with Gasteiger partial charge in [0.15, 0.2) is 0 Å². The van der Waals surface area contributed by atoms with Gasteiger partial charge in [-0.15, -0.1) is 0 Å². The highest BCUT2D eigenvalue weighted by Crippen LogP contribution is 2.39. The van der Waals surface area contributed by atoms with E-state index in [0.717, 1.165) is 17.7 Å². The van der Waals surface area contributed by atoms with Crippen LogP contribution in [0.15, 0.2) is 18.2 Å². The Morgan fingerprint density at radius 1 is 1.33 bits per heavy atom. The molecule has 0 N–H and O–H groups in total. The Morgan fingerprint density at radius 2 is 2.04 bits per heavy atom. The third-order valence-electron chi connectivity index (χ3n) is 4.06. The third kappa shape index (κ3) is 3.97. The first kappa shape index (κ1) is 17.0. The lowest BCUT2D eigenvalue weighted by molar-refractivity contribution is -0.0593. The molecule has 2 aliphatic rings. The quantitative estimate of drug-likeness (QED) is 0.823. The van der Waals surface area contributed by atoms with E-state index in [2.05, 4.69) is 0 Å². The lowest BCUT2D eigenvalue weighted by atomic mass is 9.96. The van der Waals surface area contributed by atoms with Gasteiger partial charge in [-0.3, -0.25) is 4.90 Å². The predicted molar refractivity (Wildman–Crippen MR) is 85.2 cm³/mol. The highest BCUT2D eigenvalue weighted by molar-refractivity contribution is 5.69. The van der Waals surface area contributed by atoms with E-state index in [-0.39, 0.29) is 12.1 Å². The number of carbonyl (C=O) groups excluding carboxylic acids is 1. The van der Waals surface area contributed by atoms with Crippen LogP contribution in [0.2, 0.25) is 0 Å². The first-order valence-corrected chi connectivity index (χ1v) is 8.26. The molecule has 1 amide bonds. The molecule has 0 spiro atoms. The second-order valence-corrected chi connectivity index (χ2v) is 7.61. The van der Waals surface area contributed by atoms with Crippen molar-refractivity contribution in [2.24, 2.45) is 5.92 Å². The van der Waals surface area contributed by atoms with Crippen molar-refractivity contribution in [1.29, 1.82) is 0 Å². The van der Waals surface area contributed by atoms with Crippen LogP contribution < -0.4 is 4.74 Å². The number of nitrogens with zero attached hydrogens (tertiary/aromatic N) is 1. The molecule has 0 aromatic heterocycles. The first-order valence-electron chi connectivity index (χ1n) is 8.26. The summed E-state index contributed by atoms with van der Waals surface area (Å²) in [5, 5.41) is 0. The van der Waals surface area contributed by atoms with E-state index in [0.29, 0.717) is 23.8 Å². The molecule has 1 aromatic rings. The van der Waals surface area contributed by atoms with Gasteiger partial charge in [-0.1, -0.05) is 6.07 Å². The van der Waals surface area contributed by atoms with Crippen molar-refractivity contribution in [3.63, 3.8) is 0 Å². The zero-order valence-corrected chi connectivity index (χ0v) is 14.3. The molecule has 1 fully saturated rings. The molecule has 6 heteroatoms. The number of amides is 1. The monoisotopic (exact) mass is 339 g/mol. The van der Waals surface area contributed by atoms with Crippen LogP contribution >= 0.6 is 0 Å². The summed E-state index contributed by atoms with van der Waals surface area (Å²) in [7, 11) is 0. The zero-order valence-electron chi connectivity index (χ0n) is 14.3. The Bertz CT molecular complexity index is 636. The summed E-state index contributed by atoms with van der Waals surface area (Å²) < 4.78 is 39.9. The standard InChI is InChI=1S/C18H23F2NO3/c1-17(2,3)24-16(22)21-9-13-6-7-14(23-10-12-4-5-12)8-15(13)18(19,20)11-21/h6-8,12H,4-5,9-11H2,1-3H3. The Labute approximate surface area is 140 Å². The second kappa shape index (κ2) is 5.90. The molecule has 1 aliphatic carbocycles. The number of rotatable bonds is 3. The highest BCUT2D eigenvalue weighted by Gasteiger charge is 2.43. The largest absolute Gasteiger partial charge is 0.493 e. The van der Waals surface area contributed by atoms with Gasteiger partial charge < -0.3 is 9.47 Å². The van der Waals surface area contributed by atoms with Crippen LogP contribution in [0.1, 0.15) is 44.7 Å². The van der Waals surface area contributed by atoms with Crippen molar-refractivity contribution in [1.82, 2.24) is 4.90 Å². The Morgan fingerprint density at radius 3 is 2.67 bits per heavy atom. The van der Waals surface area contributed by atoms with Gasteiger partial charge in [0.05, 0.1) is 13.2 Å². The highest BCUT2D eigenvalue weighted by atomic mass is 19.3. The molecule has 1 heterocycles.